The van der Waals surface area contributed by atoms with E-state index < -0.39 is 30.6 Å². The summed E-state index contributed by atoms with van der Waals surface area (Å²) in [6, 6.07) is 16.4. The molecule has 3 amide bonds. The first kappa shape index (κ1) is 25.8. The molecular formula is C27H30N4O6. The van der Waals surface area contributed by atoms with E-state index in [4.69, 9.17) is 4.74 Å². The maximum absolute atomic E-state index is 13.1. The molecule has 1 aliphatic heterocycles. The monoisotopic (exact) mass is 506 g/mol. The molecule has 1 atom stereocenters. The molecule has 1 saturated heterocycles. The zero-order chi connectivity index (χ0) is 26.2. The van der Waals surface area contributed by atoms with Gasteiger partial charge in [0.15, 0.2) is 0 Å². The number of aliphatic hydroxyl groups excluding tert-OH is 1. The summed E-state index contributed by atoms with van der Waals surface area (Å²) in [6.07, 6.45) is 3.67. The number of benzene rings is 2. The highest BCUT2D eigenvalue weighted by molar-refractivity contribution is 6.00. The summed E-state index contributed by atoms with van der Waals surface area (Å²) in [7, 11) is 0. The molecule has 10 nitrogen and oxygen atoms in total. The Balaban J connectivity index is 1.34. The van der Waals surface area contributed by atoms with E-state index in [1.165, 1.54) is 17.0 Å². The number of aliphatic hydroxyl groups is 1. The molecule has 0 aliphatic carbocycles. The van der Waals surface area contributed by atoms with Gasteiger partial charge in [-0.3, -0.25) is 9.59 Å². The summed E-state index contributed by atoms with van der Waals surface area (Å²) >= 11 is 0. The number of phenolic OH excluding ortho intramolecular Hbond substituents is 1. The van der Waals surface area contributed by atoms with Gasteiger partial charge in [0.1, 0.15) is 18.4 Å². The van der Waals surface area contributed by atoms with Gasteiger partial charge in [-0.15, -0.1) is 0 Å². The second kappa shape index (κ2) is 12.1. The molecule has 1 unspecified atom stereocenters. The molecule has 1 aromatic heterocycles. The van der Waals surface area contributed by atoms with Crippen LogP contribution in [-0.4, -0.2) is 81.3 Å². The van der Waals surface area contributed by atoms with Gasteiger partial charge in [0.2, 0.25) is 5.91 Å². The van der Waals surface area contributed by atoms with Gasteiger partial charge in [-0.1, -0.05) is 30.3 Å². The van der Waals surface area contributed by atoms with E-state index in [1.54, 1.807) is 27.9 Å². The molecule has 2 heterocycles. The normalized spacial score (nSPS) is 14.5. The summed E-state index contributed by atoms with van der Waals surface area (Å²) in [5.41, 5.74) is 1.53. The van der Waals surface area contributed by atoms with Crippen molar-refractivity contribution < 1.29 is 29.3 Å². The lowest BCUT2D eigenvalue weighted by molar-refractivity contribution is -0.134. The predicted octanol–water partition coefficient (Wildman–Crippen LogP) is 2.14. The molecule has 3 N–H and O–H groups in total. The van der Waals surface area contributed by atoms with Crippen molar-refractivity contribution >= 4 is 17.9 Å². The molecule has 0 bridgehead atoms. The highest BCUT2D eigenvalue weighted by Gasteiger charge is 2.29. The number of hydrogen-bond acceptors (Lipinski definition) is 6. The summed E-state index contributed by atoms with van der Waals surface area (Å²) in [6.45, 7) is 0.846. The molecule has 1 aliphatic rings. The first-order valence-electron chi connectivity index (χ1n) is 12.1. The van der Waals surface area contributed by atoms with E-state index in [2.05, 4.69) is 5.32 Å². The van der Waals surface area contributed by atoms with Crippen LogP contribution in [0, 0.1) is 0 Å². The summed E-state index contributed by atoms with van der Waals surface area (Å²) < 4.78 is 7.17. The fourth-order valence-corrected chi connectivity index (χ4v) is 4.15. The third-order valence-corrected chi connectivity index (χ3v) is 6.18. The summed E-state index contributed by atoms with van der Waals surface area (Å²) in [4.78, 5) is 41.6. The summed E-state index contributed by atoms with van der Waals surface area (Å²) in [5, 5.41) is 22.6. The molecule has 37 heavy (non-hydrogen) atoms. The first-order valence-corrected chi connectivity index (χ1v) is 12.1. The van der Waals surface area contributed by atoms with Crippen LogP contribution < -0.4 is 5.32 Å². The fourth-order valence-electron chi connectivity index (χ4n) is 4.15. The van der Waals surface area contributed by atoms with Crippen molar-refractivity contribution in [3.05, 3.63) is 84.2 Å². The SMILES string of the molecule is O=C(NC(CO)C(=O)N1CCCN(C(=O)OCc2ccccc2)CC1)c1cc(-n2cccc2)ccc1O. The number of phenols is 1. The molecule has 194 valence electrons. The third kappa shape index (κ3) is 6.47. The average Bonchev–Trinajstić information content (AvgIpc) is 3.35. The van der Waals surface area contributed by atoms with Crippen LogP contribution in [0.5, 0.6) is 5.75 Å². The minimum absolute atomic E-state index is 0.0133. The Morgan fingerprint density at radius 1 is 0.919 bits per heavy atom. The Bertz CT molecular complexity index is 1210. The van der Waals surface area contributed by atoms with Crippen molar-refractivity contribution in [3.8, 4) is 11.4 Å². The van der Waals surface area contributed by atoms with Gasteiger partial charge >= 0.3 is 6.09 Å². The van der Waals surface area contributed by atoms with Crippen LogP contribution in [0.15, 0.2) is 73.1 Å². The van der Waals surface area contributed by atoms with Gasteiger partial charge in [-0.05, 0) is 42.3 Å². The van der Waals surface area contributed by atoms with Gasteiger partial charge in [0, 0.05) is 44.3 Å². The molecule has 3 aromatic rings. The second-order valence-corrected chi connectivity index (χ2v) is 8.71. The lowest BCUT2D eigenvalue weighted by Crippen LogP contribution is -2.51. The zero-order valence-electron chi connectivity index (χ0n) is 20.3. The van der Waals surface area contributed by atoms with Crippen molar-refractivity contribution in [2.24, 2.45) is 0 Å². The number of rotatable bonds is 7. The highest BCUT2D eigenvalue weighted by Crippen LogP contribution is 2.21. The molecular weight excluding hydrogens is 476 g/mol. The van der Waals surface area contributed by atoms with Crippen LogP contribution in [0.3, 0.4) is 0 Å². The van der Waals surface area contributed by atoms with Crippen LogP contribution in [0.2, 0.25) is 0 Å². The lowest BCUT2D eigenvalue weighted by Gasteiger charge is -2.26. The number of amides is 3. The molecule has 2 aromatic carbocycles. The first-order chi connectivity index (χ1) is 18.0. The molecule has 1 fully saturated rings. The standard InChI is InChI=1S/C27H30N4O6/c32-18-23(28-25(34)22-17-21(9-10-24(22)33)29-11-4-5-12-29)26(35)30-13-6-14-31(16-15-30)27(36)37-19-20-7-2-1-3-8-20/h1-5,7-12,17,23,32-33H,6,13-16,18-19H2,(H,28,34). The van der Waals surface area contributed by atoms with Crippen LogP contribution in [0.1, 0.15) is 22.3 Å². The number of nitrogens with one attached hydrogen (secondary N) is 1. The van der Waals surface area contributed by atoms with Crippen molar-refractivity contribution in [1.29, 1.82) is 0 Å². The fraction of sp³-hybridized carbons (Fsp3) is 0.296. The van der Waals surface area contributed by atoms with E-state index >= 15 is 0 Å². The van der Waals surface area contributed by atoms with Crippen molar-refractivity contribution in [2.45, 2.75) is 19.1 Å². The number of hydrogen-bond donors (Lipinski definition) is 3. The Hall–Kier alpha value is -4.31. The van der Waals surface area contributed by atoms with Gasteiger partial charge in [-0.2, -0.15) is 0 Å². The minimum Gasteiger partial charge on any atom is -0.507 e. The van der Waals surface area contributed by atoms with E-state index in [1.807, 2.05) is 42.5 Å². The number of aromatic hydroxyl groups is 1. The summed E-state index contributed by atoms with van der Waals surface area (Å²) in [5.74, 6) is -1.38. The van der Waals surface area contributed by atoms with E-state index in [0.717, 1.165) is 5.56 Å². The average molecular weight is 507 g/mol. The third-order valence-electron chi connectivity index (χ3n) is 6.18. The van der Waals surface area contributed by atoms with Gasteiger partial charge in [0.25, 0.3) is 5.91 Å². The van der Waals surface area contributed by atoms with Crippen molar-refractivity contribution in [2.75, 3.05) is 32.8 Å². The Kier molecular flexibility index (Phi) is 8.42. The Labute approximate surface area is 214 Å². The highest BCUT2D eigenvalue weighted by atomic mass is 16.6. The topological polar surface area (TPSA) is 124 Å². The van der Waals surface area contributed by atoms with Crippen molar-refractivity contribution in [1.82, 2.24) is 19.7 Å². The second-order valence-electron chi connectivity index (χ2n) is 8.71. The Morgan fingerprint density at radius 2 is 1.62 bits per heavy atom. The van der Waals surface area contributed by atoms with Gasteiger partial charge in [-0.25, -0.2) is 4.79 Å². The van der Waals surface area contributed by atoms with E-state index in [0.29, 0.717) is 25.2 Å². The predicted molar refractivity (Wildman–Crippen MR) is 135 cm³/mol. The molecule has 4 rings (SSSR count). The Morgan fingerprint density at radius 3 is 2.35 bits per heavy atom. The number of nitrogens with zero attached hydrogens (tertiary/aromatic N) is 3. The number of carbonyl (C=O) groups is 3. The smallest absolute Gasteiger partial charge is 0.410 e. The van der Waals surface area contributed by atoms with Gasteiger partial charge in [0.05, 0.1) is 12.2 Å². The van der Waals surface area contributed by atoms with E-state index in [-0.39, 0.29) is 31.0 Å². The molecule has 0 radical (unpaired) electrons. The van der Waals surface area contributed by atoms with E-state index in [9.17, 15) is 24.6 Å². The molecule has 10 heteroatoms. The minimum atomic E-state index is -1.20. The largest absolute Gasteiger partial charge is 0.507 e. The van der Waals surface area contributed by atoms with Crippen LogP contribution in [-0.2, 0) is 16.1 Å². The number of carbonyl (C=O) groups excluding carboxylic acids is 3. The number of aromatic nitrogens is 1. The van der Waals surface area contributed by atoms with Crippen LogP contribution >= 0.6 is 0 Å². The van der Waals surface area contributed by atoms with Crippen LogP contribution in [0.25, 0.3) is 5.69 Å². The number of ether oxygens (including phenoxy) is 1. The maximum atomic E-state index is 13.1. The van der Waals surface area contributed by atoms with Crippen LogP contribution in [0.4, 0.5) is 4.79 Å². The zero-order valence-corrected chi connectivity index (χ0v) is 20.3. The molecule has 0 saturated carbocycles. The van der Waals surface area contributed by atoms with Crippen molar-refractivity contribution in [3.63, 3.8) is 0 Å². The maximum Gasteiger partial charge on any atom is 0.410 e. The quantitative estimate of drug-likeness (QED) is 0.451. The lowest BCUT2D eigenvalue weighted by atomic mass is 10.1. The van der Waals surface area contributed by atoms with Gasteiger partial charge < -0.3 is 34.6 Å². The molecule has 0 spiro atoms.